The molecule has 0 spiro atoms. The van der Waals surface area contributed by atoms with Crippen molar-refractivity contribution in [3.63, 3.8) is 0 Å². The Morgan fingerprint density at radius 3 is 2.58 bits per heavy atom. The second-order valence-corrected chi connectivity index (χ2v) is 5.43. The summed E-state index contributed by atoms with van der Waals surface area (Å²) >= 11 is 0. The monoisotopic (exact) mass is 327 g/mol. The van der Waals surface area contributed by atoms with Gasteiger partial charge in [-0.05, 0) is 43.7 Å². The van der Waals surface area contributed by atoms with Crippen LogP contribution in [0.5, 0.6) is 5.75 Å². The molecule has 0 aliphatic rings. The molecule has 5 heteroatoms. The van der Waals surface area contributed by atoms with Crippen LogP contribution in [0, 0.1) is 0 Å². The smallest absolute Gasteiger partial charge is 0.253 e. The van der Waals surface area contributed by atoms with Crippen LogP contribution < -0.4 is 10.1 Å². The first-order valence-corrected chi connectivity index (χ1v) is 7.66. The molecule has 0 heterocycles. The Hall–Kier alpha value is -2.66. The van der Waals surface area contributed by atoms with Crippen molar-refractivity contribution < 1.29 is 19.1 Å². The number of Topliss-reactive ketones (excluding diaryl/α,β-unsaturated/α-hetero) is 1. The second kappa shape index (κ2) is 8.26. The van der Waals surface area contributed by atoms with E-state index in [-0.39, 0.29) is 11.7 Å². The van der Waals surface area contributed by atoms with Crippen molar-refractivity contribution in [1.29, 1.82) is 0 Å². The molecule has 0 aromatic heterocycles. The van der Waals surface area contributed by atoms with Crippen LogP contribution in [-0.4, -0.2) is 24.9 Å². The van der Waals surface area contributed by atoms with E-state index in [1.165, 1.54) is 6.92 Å². The largest absolute Gasteiger partial charge is 0.497 e. The summed E-state index contributed by atoms with van der Waals surface area (Å²) in [7, 11) is 1.60. The maximum absolute atomic E-state index is 12.2. The summed E-state index contributed by atoms with van der Waals surface area (Å²) in [6.45, 7) is 3.48. The second-order valence-electron chi connectivity index (χ2n) is 5.43. The molecule has 0 aliphatic heterocycles. The SMILES string of the molecule is COc1cccc(COC(C)C(=O)Nc2cccc(C(C)=O)c2)c1. The highest BCUT2D eigenvalue weighted by Crippen LogP contribution is 2.15. The lowest BCUT2D eigenvalue weighted by Gasteiger charge is -2.14. The minimum absolute atomic E-state index is 0.0478. The summed E-state index contributed by atoms with van der Waals surface area (Å²) in [6.07, 6.45) is -0.628. The summed E-state index contributed by atoms with van der Waals surface area (Å²) < 4.78 is 10.8. The Kier molecular flexibility index (Phi) is 6.09. The van der Waals surface area contributed by atoms with Gasteiger partial charge in [0.05, 0.1) is 13.7 Å². The summed E-state index contributed by atoms with van der Waals surface area (Å²) in [4.78, 5) is 23.6. The molecule has 2 aromatic carbocycles. The van der Waals surface area contributed by atoms with Gasteiger partial charge in [0.25, 0.3) is 5.91 Å². The number of carbonyl (C=O) groups excluding carboxylic acids is 2. The number of rotatable bonds is 7. The van der Waals surface area contributed by atoms with Gasteiger partial charge in [-0.2, -0.15) is 0 Å². The maximum atomic E-state index is 12.2. The molecule has 0 radical (unpaired) electrons. The Bertz CT molecular complexity index is 727. The lowest BCUT2D eigenvalue weighted by Crippen LogP contribution is -2.27. The average Bonchev–Trinajstić information content (AvgIpc) is 2.60. The molecule has 0 saturated heterocycles. The third-order valence-electron chi connectivity index (χ3n) is 3.54. The summed E-state index contributed by atoms with van der Waals surface area (Å²) in [6, 6.07) is 14.3. The Balaban J connectivity index is 1.92. The van der Waals surface area contributed by atoms with E-state index < -0.39 is 6.10 Å². The molecule has 5 nitrogen and oxygen atoms in total. The standard InChI is InChI=1S/C19H21NO4/c1-13(21)16-7-5-8-17(11-16)20-19(22)14(2)24-12-15-6-4-9-18(10-15)23-3/h4-11,14H,12H2,1-3H3,(H,20,22). The lowest BCUT2D eigenvalue weighted by molar-refractivity contribution is -0.127. The van der Waals surface area contributed by atoms with Crippen LogP contribution >= 0.6 is 0 Å². The highest BCUT2D eigenvalue weighted by Gasteiger charge is 2.14. The quantitative estimate of drug-likeness (QED) is 0.791. The van der Waals surface area contributed by atoms with E-state index in [1.807, 2.05) is 24.3 Å². The molecule has 1 unspecified atom stereocenters. The molecular formula is C19H21NO4. The normalized spacial score (nSPS) is 11.6. The fraction of sp³-hybridized carbons (Fsp3) is 0.263. The van der Waals surface area contributed by atoms with Crippen molar-refractivity contribution in [3.8, 4) is 5.75 Å². The average molecular weight is 327 g/mol. The van der Waals surface area contributed by atoms with E-state index in [0.717, 1.165) is 11.3 Å². The van der Waals surface area contributed by atoms with Crippen molar-refractivity contribution in [3.05, 3.63) is 59.7 Å². The molecule has 0 saturated carbocycles. The molecular weight excluding hydrogens is 306 g/mol. The molecule has 126 valence electrons. The van der Waals surface area contributed by atoms with Crippen LogP contribution in [0.4, 0.5) is 5.69 Å². The van der Waals surface area contributed by atoms with Crippen LogP contribution in [-0.2, 0) is 16.1 Å². The van der Waals surface area contributed by atoms with Crippen molar-refractivity contribution in [2.24, 2.45) is 0 Å². The number of hydrogen-bond donors (Lipinski definition) is 1. The van der Waals surface area contributed by atoms with Crippen molar-refractivity contribution in [2.75, 3.05) is 12.4 Å². The van der Waals surface area contributed by atoms with E-state index in [4.69, 9.17) is 9.47 Å². The van der Waals surface area contributed by atoms with Crippen LogP contribution in [0.1, 0.15) is 29.8 Å². The van der Waals surface area contributed by atoms with Crippen LogP contribution in [0.15, 0.2) is 48.5 Å². The Morgan fingerprint density at radius 1 is 1.12 bits per heavy atom. The predicted molar refractivity (Wildman–Crippen MR) is 92.3 cm³/mol. The molecule has 0 aliphatic carbocycles. The molecule has 1 N–H and O–H groups in total. The third kappa shape index (κ3) is 4.93. The van der Waals surface area contributed by atoms with Gasteiger partial charge < -0.3 is 14.8 Å². The summed E-state index contributed by atoms with van der Waals surface area (Å²) in [5.41, 5.74) is 2.05. The first-order valence-electron chi connectivity index (χ1n) is 7.66. The number of anilines is 1. The minimum atomic E-state index is -0.628. The molecule has 2 aromatic rings. The van der Waals surface area contributed by atoms with E-state index >= 15 is 0 Å². The van der Waals surface area contributed by atoms with Crippen LogP contribution in [0.25, 0.3) is 0 Å². The number of methoxy groups -OCH3 is 1. The topological polar surface area (TPSA) is 64.6 Å². The Morgan fingerprint density at radius 2 is 1.88 bits per heavy atom. The van der Waals surface area contributed by atoms with E-state index in [0.29, 0.717) is 17.9 Å². The number of ether oxygens (including phenoxy) is 2. The Labute approximate surface area is 141 Å². The zero-order chi connectivity index (χ0) is 17.5. The number of amides is 1. The van der Waals surface area contributed by atoms with Gasteiger partial charge in [-0.1, -0.05) is 24.3 Å². The highest BCUT2D eigenvalue weighted by atomic mass is 16.5. The first-order chi connectivity index (χ1) is 11.5. The number of carbonyl (C=O) groups is 2. The zero-order valence-electron chi connectivity index (χ0n) is 14.0. The minimum Gasteiger partial charge on any atom is -0.497 e. The zero-order valence-corrected chi connectivity index (χ0v) is 14.0. The third-order valence-corrected chi connectivity index (χ3v) is 3.54. The molecule has 1 atom stereocenters. The highest BCUT2D eigenvalue weighted by molar-refractivity contribution is 5.98. The number of hydrogen-bond acceptors (Lipinski definition) is 4. The van der Waals surface area contributed by atoms with E-state index in [1.54, 1.807) is 38.3 Å². The van der Waals surface area contributed by atoms with Crippen LogP contribution in [0.2, 0.25) is 0 Å². The molecule has 1 amide bonds. The molecule has 0 bridgehead atoms. The first kappa shape index (κ1) is 17.7. The maximum Gasteiger partial charge on any atom is 0.253 e. The lowest BCUT2D eigenvalue weighted by atomic mass is 10.1. The molecule has 2 rings (SSSR count). The number of benzene rings is 2. The van der Waals surface area contributed by atoms with Crippen LogP contribution in [0.3, 0.4) is 0 Å². The van der Waals surface area contributed by atoms with Crippen molar-refractivity contribution in [1.82, 2.24) is 0 Å². The predicted octanol–water partition coefficient (Wildman–Crippen LogP) is 3.44. The van der Waals surface area contributed by atoms with E-state index in [9.17, 15) is 9.59 Å². The fourth-order valence-electron chi connectivity index (χ4n) is 2.12. The summed E-state index contributed by atoms with van der Waals surface area (Å²) in [5.74, 6) is 0.432. The van der Waals surface area contributed by atoms with E-state index in [2.05, 4.69) is 5.32 Å². The van der Waals surface area contributed by atoms with Crippen molar-refractivity contribution >= 4 is 17.4 Å². The molecule has 24 heavy (non-hydrogen) atoms. The van der Waals surface area contributed by atoms with Gasteiger partial charge in [0.2, 0.25) is 0 Å². The molecule has 0 fully saturated rings. The van der Waals surface area contributed by atoms with Gasteiger partial charge in [0, 0.05) is 11.3 Å². The number of nitrogens with one attached hydrogen (secondary N) is 1. The van der Waals surface area contributed by atoms with Crippen molar-refractivity contribution in [2.45, 2.75) is 26.6 Å². The summed E-state index contributed by atoms with van der Waals surface area (Å²) in [5, 5.41) is 2.75. The van der Waals surface area contributed by atoms with Gasteiger partial charge in [0.15, 0.2) is 5.78 Å². The van der Waals surface area contributed by atoms with Gasteiger partial charge in [-0.15, -0.1) is 0 Å². The fourth-order valence-corrected chi connectivity index (χ4v) is 2.12. The van der Waals surface area contributed by atoms with Gasteiger partial charge in [-0.25, -0.2) is 0 Å². The van der Waals surface area contributed by atoms with Gasteiger partial charge in [0.1, 0.15) is 11.9 Å². The van der Waals surface area contributed by atoms with Gasteiger partial charge in [-0.3, -0.25) is 9.59 Å². The number of ketones is 1. The van der Waals surface area contributed by atoms with Gasteiger partial charge >= 0.3 is 0 Å².